The first-order chi connectivity index (χ1) is 7.83. The van der Waals surface area contributed by atoms with E-state index in [4.69, 9.17) is 16.3 Å². The van der Waals surface area contributed by atoms with Crippen molar-refractivity contribution in [2.75, 3.05) is 6.61 Å². The molecule has 0 radical (unpaired) electrons. The lowest BCUT2D eigenvalue weighted by molar-refractivity contribution is -0.263. The first-order valence-corrected chi connectivity index (χ1v) is 6.11. The summed E-state index contributed by atoms with van der Waals surface area (Å²) in [5.74, 6) is -1.32. The lowest BCUT2D eigenvalue weighted by atomic mass is 9.93. The van der Waals surface area contributed by atoms with E-state index in [9.17, 15) is 5.11 Å². The zero-order chi connectivity index (χ0) is 12.7. The Labute approximate surface area is 107 Å². The van der Waals surface area contributed by atoms with Gasteiger partial charge in [0.15, 0.2) is 0 Å². The first kappa shape index (κ1) is 12.8. The average Bonchev–Trinajstić information content (AvgIpc) is 2.24. The van der Waals surface area contributed by atoms with Crippen molar-refractivity contribution in [3.05, 3.63) is 34.9 Å². The molecule has 0 aliphatic carbocycles. The van der Waals surface area contributed by atoms with Gasteiger partial charge >= 0.3 is 0 Å². The van der Waals surface area contributed by atoms with Crippen molar-refractivity contribution in [2.24, 2.45) is 0 Å². The third-order valence-electron chi connectivity index (χ3n) is 3.09. The maximum Gasteiger partial charge on any atom is 0.208 e. The molecule has 0 amide bonds. The summed E-state index contributed by atoms with van der Waals surface area (Å²) in [4.78, 5) is 0. The van der Waals surface area contributed by atoms with E-state index in [2.05, 4.69) is 5.32 Å². The third kappa shape index (κ3) is 2.47. The Kier molecular flexibility index (Phi) is 3.21. The van der Waals surface area contributed by atoms with E-state index in [1.54, 1.807) is 12.1 Å². The molecule has 1 heterocycles. The van der Waals surface area contributed by atoms with Crippen molar-refractivity contribution < 1.29 is 9.84 Å². The molecule has 1 aromatic carbocycles. The second-order valence-electron chi connectivity index (χ2n) is 5.25. The summed E-state index contributed by atoms with van der Waals surface area (Å²) in [6.45, 7) is 6.43. The van der Waals surface area contributed by atoms with E-state index in [-0.39, 0.29) is 11.6 Å². The minimum Gasteiger partial charge on any atom is -0.361 e. The quantitative estimate of drug-likeness (QED) is 0.809. The van der Waals surface area contributed by atoms with Gasteiger partial charge in [-0.15, -0.1) is 0 Å². The maximum absolute atomic E-state index is 10.6. The molecular formula is C13H18ClNO2. The Morgan fingerprint density at radius 3 is 2.76 bits per heavy atom. The van der Waals surface area contributed by atoms with Crippen LogP contribution in [0.1, 0.15) is 26.3 Å². The van der Waals surface area contributed by atoms with Gasteiger partial charge in [0.25, 0.3) is 0 Å². The molecule has 1 aliphatic rings. The predicted molar refractivity (Wildman–Crippen MR) is 68.0 cm³/mol. The molecule has 1 aliphatic heterocycles. The van der Waals surface area contributed by atoms with E-state index >= 15 is 0 Å². The third-order valence-corrected chi connectivity index (χ3v) is 3.32. The van der Waals surface area contributed by atoms with Gasteiger partial charge < -0.3 is 15.2 Å². The molecule has 2 rings (SSSR count). The van der Waals surface area contributed by atoms with Crippen LogP contribution in [0.3, 0.4) is 0 Å². The van der Waals surface area contributed by atoms with Crippen LogP contribution in [-0.4, -0.2) is 23.3 Å². The average molecular weight is 256 g/mol. The lowest BCUT2D eigenvalue weighted by Crippen LogP contribution is -2.63. The van der Waals surface area contributed by atoms with Crippen LogP contribution in [0.5, 0.6) is 0 Å². The summed E-state index contributed by atoms with van der Waals surface area (Å²) < 4.78 is 5.67. The molecule has 94 valence electrons. The van der Waals surface area contributed by atoms with Crippen LogP contribution < -0.4 is 5.32 Å². The summed E-state index contributed by atoms with van der Waals surface area (Å²) in [5.41, 5.74) is 0.546. The fourth-order valence-corrected chi connectivity index (χ4v) is 2.38. The van der Waals surface area contributed by atoms with E-state index in [0.29, 0.717) is 17.2 Å². The molecule has 2 N–H and O–H groups in total. The number of benzene rings is 1. The fourth-order valence-electron chi connectivity index (χ4n) is 2.19. The summed E-state index contributed by atoms with van der Waals surface area (Å²) in [5, 5.41) is 14.6. The van der Waals surface area contributed by atoms with Crippen LogP contribution >= 0.6 is 11.6 Å². The van der Waals surface area contributed by atoms with Crippen molar-refractivity contribution in [1.29, 1.82) is 0 Å². The highest BCUT2D eigenvalue weighted by atomic mass is 35.5. The molecule has 17 heavy (non-hydrogen) atoms. The largest absolute Gasteiger partial charge is 0.361 e. The summed E-state index contributed by atoms with van der Waals surface area (Å²) in [6.07, 6.45) is 0. The maximum atomic E-state index is 10.6. The van der Waals surface area contributed by atoms with Gasteiger partial charge in [-0.1, -0.05) is 23.7 Å². The van der Waals surface area contributed by atoms with Gasteiger partial charge in [-0.3, -0.25) is 0 Å². The number of ether oxygens (including phenoxy) is 1. The van der Waals surface area contributed by atoms with E-state index in [1.807, 2.05) is 32.9 Å². The molecule has 3 nitrogen and oxygen atoms in total. The predicted octanol–water partition coefficient (Wildman–Crippen LogP) is 2.27. The van der Waals surface area contributed by atoms with Gasteiger partial charge in [0.1, 0.15) is 0 Å². The molecule has 0 bridgehead atoms. The minimum absolute atomic E-state index is 0.135. The zero-order valence-electron chi connectivity index (χ0n) is 10.3. The molecule has 0 saturated carbocycles. The number of aliphatic hydroxyl groups is 1. The van der Waals surface area contributed by atoms with Crippen LogP contribution in [0.2, 0.25) is 5.02 Å². The second-order valence-corrected chi connectivity index (χ2v) is 5.68. The smallest absolute Gasteiger partial charge is 0.208 e. The summed E-state index contributed by atoms with van der Waals surface area (Å²) in [7, 11) is 0. The molecule has 1 aromatic rings. The Morgan fingerprint density at radius 1 is 1.47 bits per heavy atom. The van der Waals surface area contributed by atoms with Crippen molar-refractivity contribution in [1.82, 2.24) is 5.32 Å². The Balaban J connectivity index is 2.31. The second kappa shape index (κ2) is 4.25. The van der Waals surface area contributed by atoms with Gasteiger partial charge in [0, 0.05) is 16.1 Å². The van der Waals surface area contributed by atoms with Gasteiger partial charge in [0.2, 0.25) is 5.79 Å². The molecule has 1 saturated heterocycles. The van der Waals surface area contributed by atoms with Crippen molar-refractivity contribution >= 4 is 11.6 Å². The molecule has 1 fully saturated rings. The first-order valence-electron chi connectivity index (χ1n) is 5.74. The number of nitrogens with one attached hydrogen (secondary N) is 1. The summed E-state index contributed by atoms with van der Waals surface area (Å²) >= 11 is 5.94. The van der Waals surface area contributed by atoms with E-state index < -0.39 is 5.79 Å². The fraction of sp³-hybridized carbons (Fsp3) is 0.538. The van der Waals surface area contributed by atoms with Gasteiger partial charge in [-0.25, -0.2) is 0 Å². The zero-order valence-corrected chi connectivity index (χ0v) is 11.1. The van der Waals surface area contributed by atoms with E-state index in [1.165, 1.54) is 0 Å². The molecular weight excluding hydrogens is 238 g/mol. The topological polar surface area (TPSA) is 41.5 Å². The number of morpholine rings is 1. The van der Waals surface area contributed by atoms with Crippen molar-refractivity contribution in [3.8, 4) is 0 Å². The Hall–Kier alpha value is -0.610. The van der Waals surface area contributed by atoms with Gasteiger partial charge in [-0.05, 0) is 32.9 Å². The monoisotopic (exact) mass is 255 g/mol. The molecule has 1 unspecified atom stereocenters. The highest BCUT2D eigenvalue weighted by molar-refractivity contribution is 6.30. The number of hydrogen-bond donors (Lipinski definition) is 2. The van der Waals surface area contributed by atoms with Crippen LogP contribution in [0, 0.1) is 0 Å². The van der Waals surface area contributed by atoms with Gasteiger partial charge in [-0.2, -0.15) is 0 Å². The van der Waals surface area contributed by atoms with Crippen molar-refractivity contribution in [3.63, 3.8) is 0 Å². The van der Waals surface area contributed by atoms with Crippen LogP contribution in [0.4, 0.5) is 0 Å². The minimum atomic E-state index is -1.32. The number of hydrogen-bond acceptors (Lipinski definition) is 3. The SMILES string of the molecule is C[C@H]1NC(C)(C)COC1(O)c1cccc(Cl)c1. The van der Waals surface area contributed by atoms with Crippen LogP contribution in [0.15, 0.2) is 24.3 Å². The van der Waals surface area contributed by atoms with Crippen LogP contribution in [-0.2, 0) is 10.5 Å². The normalized spacial score (nSPS) is 32.4. The molecule has 2 atom stereocenters. The Morgan fingerprint density at radius 2 is 2.18 bits per heavy atom. The van der Waals surface area contributed by atoms with E-state index in [0.717, 1.165) is 0 Å². The highest BCUT2D eigenvalue weighted by Gasteiger charge is 2.44. The standard InChI is InChI=1S/C13H18ClNO2/c1-9-13(16,17-8-12(2,3)15-9)10-5-4-6-11(14)7-10/h4-7,9,15-16H,8H2,1-3H3/t9-,13?/m1/s1. The molecule has 4 heteroatoms. The Bertz CT molecular complexity index is 422. The molecule has 0 spiro atoms. The molecule has 0 aromatic heterocycles. The summed E-state index contributed by atoms with van der Waals surface area (Å²) in [6, 6.07) is 6.94. The van der Waals surface area contributed by atoms with Crippen molar-refractivity contribution in [2.45, 2.75) is 38.1 Å². The number of rotatable bonds is 1. The highest BCUT2D eigenvalue weighted by Crippen LogP contribution is 2.33. The van der Waals surface area contributed by atoms with Crippen LogP contribution in [0.25, 0.3) is 0 Å². The lowest BCUT2D eigenvalue weighted by Gasteiger charge is -2.46. The van der Waals surface area contributed by atoms with Gasteiger partial charge in [0.05, 0.1) is 12.6 Å². The number of halogens is 1.